The quantitative estimate of drug-likeness (QED) is 0.779. The summed E-state index contributed by atoms with van der Waals surface area (Å²) in [6.07, 6.45) is -2.26. The van der Waals surface area contributed by atoms with Gasteiger partial charge >= 0.3 is 6.09 Å². The first-order chi connectivity index (χ1) is 8.16. The summed E-state index contributed by atoms with van der Waals surface area (Å²) in [5, 5.41) is 18.6. The maximum absolute atomic E-state index is 11.6. The number of amides is 1. The molecule has 17 heavy (non-hydrogen) atoms. The van der Waals surface area contributed by atoms with Gasteiger partial charge in [0, 0.05) is 0 Å². The molecule has 1 heterocycles. The standard InChI is InChI=1S/C12H15NO4/c14-10-6-13(7-11(10)15)12(16)17-8-9-4-2-1-3-5-9/h1-5,10-11,14-15H,6-8H2/t10-,11+. The van der Waals surface area contributed by atoms with E-state index in [-0.39, 0.29) is 19.7 Å². The van der Waals surface area contributed by atoms with Gasteiger partial charge in [0.1, 0.15) is 6.61 Å². The number of hydrogen-bond acceptors (Lipinski definition) is 4. The molecule has 0 radical (unpaired) electrons. The van der Waals surface area contributed by atoms with Crippen molar-refractivity contribution in [2.45, 2.75) is 18.8 Å². The highest BCUT2D eigenvalue weighted by Crippen LogP contribution is 2.12. The topological polar surface area (TPSA) is 70.0 Å². The fourth-order valence-electron chi connectivity index (χ4n) is 1.73. The van der Waals surface area contributed by atoms with E-state index in [4.69, 9.17) is 4.74 Å². The van der Waals surface area contributed by atoms with Crippen LogP contribution in [0.5, 0.6) is 0 Å². The fourth-order valence-corrected chi connectivity index (χ4v) is 1.73. The highest BCUT2D eigenvalue weighted by atomic mass is 16.6. The minimum atomic E-state index is -0.876. The maximum Gasteiger partial charge on any atom is 0.410 e. The van der Waals surface area contributed by atoms with Crippen LogP contribution in [0.4, 0.5) is 4.79 Å². The molecule has 0 aromatic heterocycles. The van der Waals surface area contributed by atoms with Crippen molar-refractivity contribution in [3.8, 4) is 0 Å². The summed E-state index contributed by atoms with van der Waals surface area (Å²) in [6, 6.07) is 9.35. The third kappa shape index (κ3) is 2.95. The summed E-state index contributed by atoms with van der Waals surface area (Å²) >= 11 is 0. The monoisotopic (exact) mass is 237 g/mol. The molecule has 0 saturated carbocycles. The molecule has 92 valence electrons. The number of rotatable bonds is 2. The lowest BCUT2D eigenvalue weighted by Crippen LogP contribution is -2.30. The minimum Gasteiger partial charge on any atom is -0.445 e. The molecule has 0 bridgehead atoms. The van der Waals surface area contributed by atoms with E-state index in [1.54, 1.807) is 0 Å². The number of carbonyl (C=O) groups excluding carboxylic acids is 1. The van der Waals surface area contributed by atoms with Gasteiger partial charge in [-0.3, -0.25) is 0 Å². The molecule has 0 aliphatic carbocycles. The number of aliphatic hydroxyl groups excluding tert-OH is 2. The Labute approximate surface area is 99.2 Å². The Balaban J connectivity index is 1.82. The van der Waals surface area contributed by atoms with Crippen LogP contribution < -0.4 is 0 Å². The van der Waals surface area contributed by atoms with Crippen LogP contribution in [0.1, 0.15) is 5.56 Å². The first kappa shape index (κ1) is 11.9. The van der Waals surface area contributed by atoms with E-state index < -0.39 is 18.3 Å². The molecule has 2 N–H and O–H groups in total. The van der Waals surface area contributed by atoms with Gasteiger partial charge in [-0.15, -0.1) is 0 Å². The van der Waals surface area contributed by atoms with E-state index in [9.17, 15) is 15.0 Å². The number of likely N-dealkylation sites (tertiary alicyclic amines) is 1. The van der Waals surface area contributed by atoms with Gasteiger partial charge in [0.05, 0.1) is 25.3 Å². The summed E-state index contributed by atoms with van der Waals surface area (Å²) in [4.78, 5) is 12.9. The average Bonchev–Trinajstić information content (AvgIpc) is 2.68. The molecule has 2 rings (SSSR count). The average molecular weight is 237 g/mol. The molecule has 0 unspecified atom stereocenters. The van der Waals surface area contributed by atoms with Crippen LogP contribution in [0.3, 0.4) is 0 Å². The van der Waals surface area contributed by atoms with Crippen LogP contribution in [0.25, 0.3) is 0 Å². The molecule has 5 heteroatoms. The fraction of sp³-hybridized carbons (Fsp3) is 0.417. The van der Waals surface area contributed by atoms with E-state index in [2.05, 4.69) is 0 Å². The lowest BCUT2D eigenvalue weighted by Gasteiger charge is -2.15. The van der Waals surface area contributed by atoms with Crippen LogP contribution in [0, 0.1) is 0 Å². The Bertz CT molecular complexity index is 371. The maximum atomic E-state index is 11.6. The van der Waals surface area contributed by atoms with Crippen LogP contribution in [0.15, 0.2) is 30.3 Å². The lowest BCUT2D eigenvalue weighted by atomic mass is 10.2. The van der Waals surface area contributed by atoms with Crippen LogP contribution in [0.2, 0.25) is 0 Å². The van der Waals surface area contributed by atoms with Crippen molar-refractivity contribution >= 4 is 6.09 Å². The molecule has 5 nitrogen and oxygen atoms in total. The molecule has 1 fully saturated rings. The van der Waals surface area contributed by atoms with Crippen molar-refractivity contribution in [3.05, 3.63) is 35.9 Å². The van der Waals surface area contributed by atoms with Gasteiger partial charge < -0.3 is 19.8 Å². The Morgan fingerprint density at radius 3 is 2.41 bits per heavy atom. The number of carbonyl (C=O) groups is 1. The number of β-amino-alcohol motifs (C(OH)–C–C–N with tert-alkyl or cyclic N) is 2. The Morgan fingerprint density at radius 1 is 1.24 bits per heavy atom. The molecule has 1 amide bonds. The first-order valence-corrected chi connectivity index (χ1v) is 5.48. The van der Waals surface area contributed by atoms with Crippen LogP contribution in [-0.4, -0.2) is 46.5 Å². The highest BCUT2D eigenvalue weighted by molar-refractivity contribution is 5.68. The zero-order valence-electron chi connectivity index (χ0n) is 9.32. The number of benzene rings is 1. The van der Waals surface area contributed by atoms with Crippen LogP contribution >= 0.6 is 0 Å². The first-order valence-electron chi connectivity index (χ1n) is 5.48. The van der Waals surface area contributed by atoms with E-state index >= 15 is 0 Å². The van der Waals surface area contributed by atoms with Gasteiger partial charge in [-0.1, -0.05) is 30.3 Å². The van der Waals surface area contributed by atoms with Gasteiger partial charge in [-0.05, 0) is 5.56 Å². The molecular formula is C12H15NO4. The normalized spacial score (nSPS) is 23.8. The predicted molar refractivity (Wildman–Crippen MR) is 60.2 cm³/mol. The van der Waals surface area contributed by atoms with Crippen molar-refractivity contribution in [3.63, 3.8) is 0 Å². The van der Waals surface area contributed by atoms with E-state index in [1.807, 2.05) is 30.3 Å². The predicted octanol–water partition coefficient (Wildman–Crippen LogP) is 0.361. The van der Waals surface area contributed by atoms with Gasteiger partial charge in [0.15, 0.2) is 0 Å². The van der Waals surface area contributed by atoms with Crippen molar-refractivity contribution in [1.82, 2.24) is 4.90 Å². The van der Waals surface area contributed by atoms with Crippen molar-refractivity contribution < 1.29 is 19.7 Å². The van der Waals surface area contributed by atoms with Gasteiger partial charge in [0.25, 0.3) is 0 Å². The minimum absolute atomic E-state index is 0.120. The molecule has 1 saturated heterocycles. The summed E-state index contributed by atoms with van der Waals surface area (Å²) in [6.45, 7) is 0.436. The SMILES string of the molecule is O=C(OCc1ccccc1)N1C[C@@H](O)[C@@H](O)C1. The molecule has 1 aromatic carbocycles. The third-order valence-electron chi connectivity index (χ3n) is 2.72. The second-order valence-electron chi connectivity index (χ2n) is 4.08. The molecule has 1 aliphatic rings. The summed E-state index contributed by atoms with van der Waals surface area (Å²) in [7, 11) is 0. The van der Waals surface area contributed by atoms with Crippen LogP contribution in [-0.2, 0) is 11.3 Å². The second-order valence-corrected chi connectivity index (χ2v) is 4.08. The van der Waals surface area contributed by atoms with Gasteiger partial charge in [0.2, 0.25) is 0 Å². The Kier molecular flexibility index (Phi) is 3.61. The number of hydrogen-bond donors (Lipinski definition) is 2. The van der Waals surface area contributed by atoms with E-state index in [1.165, 1.54) is 4.90 Å². The second kappa shape index (κ2) is 5.16. The smallest absolute Gasteiger partial charge is 0.410 e. The number of aliphatic hydroxyl groups is 2. The molecule has 1 aliphatic heterocycles. The molecular weight excluding hydrogens is 222 g/mol. The van der Waals surface area contributed by atoms with Gasteiger partial charge in [-0.2, -0.15) is 0 Å². The van der Waals surface area contributed by atoms with E-state index in [0.717, 1.165) is 5.56 Å². The Hall–Kier alpha value is -1.59. The van der Waals surface area contributed by atoms with E-state index in [0.29, 0.717) is 0 Å². The number of nitrogens with zero attached hydrogens (tertiary/aromatic N) is 1. The molecule has 0 spiro atoms. The zero-order chi connectivity index (χ0) is 12.3. The lowest BCUT2D eigenvalue weighted by molar-refractivity contribution is 0.0572. The highest BCUT2D eigenvalue weighted by Gasteiger charge is 2.33. The number of ether oxygens (including phenoxy) is 1. The molecule has 2 atom stereocenters. The van der Waals surface area contributed by atoms with Crippen molar-refractivity contribution in [1.29, 1.82) is 0 Å². The largest absolute Gasteiger partial charge is 0.445 e. The van der Waals surface area contributed by atoms with Gasteiger partial charge in [-0.25, -0.2) is 4.79 Å². The summed E-state index contributed by atoms with van der Waals surface area (Å²) in [5.41, 5.74) is 0.904. The summed E-state index contributed by atoms with van der Waals surface area (Å²) in [5.74, 6) is 0. The zero-order valence-corrected chi connectivity index (χ0v) is 9.32. The van der Waals surface area contributed by atoms with Crippen molar-refractivity contribution in [2.24, 2.45) is 0 Å². The summed E-state index contributed by atoms with van der Waals surface area (Å²) < 4.78 is 5.07. The molecule has 1 aromatic rings. The third-order valence-corrected chi connectivity index (χ3v) is 2.72. The van der Waals surface area contributed by atoms with Crippen molar-refractivity contribution in [2.75, 3.05) is 13.1 Å². The Morgan fingerprint density at radius 2 is 1.82 bits per heavy atom.